The Morgan fingerprint density at radius 2 is 2.12 bits per heavy atom. The molecule has 0 radical (unpaired) electrons. The lowest BCUT2D eigenvalue weighted by Crippen LogP contribution is -2.34. The lowest BCUT2D eigenvalue weighted by Gasteiger charge is -2.24. The summed E-state index contributed by atoms with van der Waals surface area (Å²) in [5.74, 6) is -0.180. The first kappa shape index (κ1) is 16.2. The Balaban J connectivity index is 1.75. The van der Waals surface area contributed by atoms with Crippen molar-refractivity contribution in [3.8, 4) is 0 Å². The van der Waals surface area contributed by atoms with Crippen molar-refractivity contribution >= 4 is 11.8 Å². The number of aryl methyl sites for hydroxylation is 1. The third-order valence-electron chi connectivity index (χ3n) is 4.22. The summed E-state index contributed by atoms with van der Waals surface area (Å²) < 4.78 is 18.5. The van der Waals surface area contributed by atoms with Gasteiger partial charge in [0.2, 0.25) is 17.7 Å². The van der Waals surface area contributed by atoms with Crippen LogP contribution in [0.15, 0.2) is 34.9 Å². The van der Waals surface area contributed by atoms with Gasteiger partial charge in [-0.05, 0) is 24.6 Å². The largest absolute Gasteiger partial charge is 0.444 e. The number of rotatable bonds is 4. The van der Waals surface area contributed by atoms with Crippen LogP contribution in [0.5, 0.6) is 0 Å². The van der Waals surface area contributed by atoms with Gasteiger partial charge in [0, 0.05) is 13.5 Å². The number of carbonyl (C=O) groups excluding carboxylic acids is 2. The van der Waals surface area contributed by atoms with Crippen molar-refractivity contribution in [2.45, 2.75) is 25.9 Å². The van der Waals surface area contributed by atoms with Crippen molar-refractivity contribution < 1.29 is 18.4 Å². The van der Waals surface area contributed by atoms with Crippen LogP contribution in [0.25, 0.3) is 0 Å². The standard InChI is InChI=1S/C17H18FN3O3/c1-10-8-19-14(24-10)9-20-17(23)13-7-15(22)21(2)16(13)11-3-5-12(18)6-4-11/h3-6,8,13,16H,7,9H2,1-2H3,(H,20,23). The van der Waals surface area contributed by atoms with E-state index in [0.29, 0.717) is 11.7 Å². The highest BCUT2D eigenvalue weighted by Gasteiger charge is 2.42. The van der Waals surface area contributed by atoms with Crippen molar-refractivity contribution in [2.75, 3.05) is 7.05 Å². The zero-order valence-corrected chi connectivity index (χ0v) is 13.5. The van der Waals surface area contributed by atoms with Gasteiger partial charge >= 0.3 is 0 Å². The molecule has 126 valence electrons. The maximum Gasteiger partial charge on any atom is 0.226 e. The monoisotopic (exact) mass is 331 g/mol. The number of amides is 2. The molecule has 1 saturated heterocycles. The van der Waals surface area contributed by atoms with Gasteiger partial charge in [-0.15, -0.1) is 0 Å². The second-order valence-electron chi connectivity index (χ2n) is 5.89. The second-order valence-corrected chi connectivity index (χ2v) is 5.89. The van der Waals surface area contributed by atoms with Gasteiger partial charge in [0.15, 0.2) is 0 Å². The number of halogens is 1. The summed E-state index contributed by atoms with van der Waals surface area (Å²) in [7, 11) is 1.65. The molecule has 2 heterocycles. The molecule has 2 aromatic rings. The average molecular weight is 331 g/mol. The van der Waals surface area contributed by atoms with Crippen molar-refractivity contribution in [2.24, 2.45) is 5.92 Å². The van der Waals surface area contributed by atoms with Crippen molar-refractivity contribution in [3.63, 3.8) is 0 Å². The molecule has 6 nitrogen and oxygen atoms in total. The van der Waals surface area contributed by atoms with Crippen LogP contribution in [0.2, 0.25) is 0 Å². The SMILES string of the molecule is Cc1cnc(CNC(=O)C2CC(=O)N(C)C2c2ccc(F)cc2)o1. The predicted molar refractivity (Wildman–Crippen MR) is 83.1 cm³/mol. The first-order valence-electron chi connectivity index (χ1n) is 7.66. The normalized spacial score (nSPS) is 20.5. The van der Waals surface area contributed by atoms with Crippen molar-refractivity contribution in [1.82, 2.24) is 15.2 Å². The minimum atomic E-state index is -0.538. The highest BCUT2D eigenvalue weighted by molar-refractivity contribution is 5.90. The molecule has 0 spiro atoms. The van der Waals surface area contributed by atoms with Gasteiger partial charge in [0.25, 0.3) is 0 Å². The predicted octanol–water partition coefficient (Wildman–Crippen LogP) is 1.96. The second kappa shape index (κ2) is 6.43. The molecule has 0 aliphatic carbocycles. The number of benzene rings is 1. The Labute approximate surface area is 138 Å². The minimum absolute atomic E-state index is 0.114. The zero-order chi connectivity index (χ0) is 17.3. The maximum absolute atomic E-state index is 13.1. The highest BCUT2D eigenvalue weighted by Crippen LogP contribution is 2.37. The first-order chi connectivity index (χ1) is 11.5. The molecule has 2 amide bonds. The number of nitrogens with zero attached hydrogens (tertiary/aromatic N) is 2. The number of carbonyl (C=O) groups is 2. The minimum Gasteiger partial charge on any atom is -0.444 e. The van der Waals surface area contributed by atoms with Gasteiger partial charge in [-0.25, -0.2) is 9.37 Å². The Hall–Kier alpha value is -2.70. The summed E-state index contributed by atoms with van der Waals surface area (Å²) in [5.41, 5.74) is 0.733. The van der Waals surface area contributed by atoms with Gasteiger partial charge in [0.1, 0.15) is 11.6 Å². The van der Waals surface area contributed by atoms with Crippen molar-refractivity contribution in [3.05, 3.63) is 53.5 Å². The molecule has 1 aromatic heterocycles. The lowest BCUT2D eigenvalue weighted by atomic mass is 9.93. The van der Waals surface area contributed by atoms with E-state index in [1.165, 1.54) is 17.0 Å². The Morgan fingerprint density at radius 3 is 2.75 bits per heavy atom. The van der Waals surface area contributed by atoms with Crippen LogP contribution in [0.1, 0.15) is 29.7 Å². The fraction of sp³-hybridized carbons (Fsp3) is 0.353. The van der Waals surface area contributed by atoms with E-state index < -0.39 is 12.0 Å². The van der Waals surface area contributed by atoms with E-state index in [1.54, 1.807) is 32.3 Å². The molecular weight excluding hydrogens is 313 g/mol. The summed E-state index contributed by atoms with van der Waals surface area (Å²) in [5, 5.41) is 2.76. The molecule has 0 saturated carbocycles. The van der Waals surface area contributed by atoms with E-state index in [0.717, 1.165) is 5.56 Å². The molecule has 7 heteroatoms. The van der Waals surface area contributed by atoms with E-state index in [4.69, 9.17) is 4.42 Å². The fourth-order valence-electron chi connectivity index (χ4n) is 3.00. The number of nitrogens with one attached hydrogen (secondary N) is 1. The topological polar surface area (TPSA) is 75.4 Å². The molecular formula is C17H18FN3O3. The summed E-state index contributed by atoms with van der Waals surface area (Å²) in [4.78, 5) is 30.2. The molecule has 3 rings (SSSR count). The molecule has 0 bridgehead atoms. The van der Waals surface area contributed by atoms with Crippen LogP contribution in [0.4, 0.5) is 4.39 Å². The Morgan fingerprint density at radius 1 is 1.42 bits per heavy atom. The number of hydrogen-bond donors (Lipinski definition) is 1. The Bertz CT molecular complexity index is 757. The van der Waals surface area contributed by atoms with E-state index in [2.05, 4.69) is 10.3 Å². The molecule has 2 atom stereocenters. The van der Waals surface area contributed by atoms with Crippen molar-refractivity contribution in [1.29, 1.82) is 0 Å². The molecule has 1 aliphatic heterocycles. The summed E-state index contributed by atoms with van der Waals surface area (Å²) in [6.07, 6.45) is 1.70. The van der Waals surface area contributed by atoms with Crippen LogP contribution in [0, 0.1) is 18.7 Å². The van der Waals surface area contributed by atoms with E-state index in [-0.39, 0.29) is 30.6 Å². The zero-order valence-electron chi connectivity index (χ0n) is 13.5. The summed E-state index contributed by atoms with van der Waals surface area (Å²) in [6.45, 7) is 1.94. The van der Waals surface area contributed by atoms with Crippen LogP contribution in [0.3, 0.4) is 0 Å². The van der Waals surface area contributed by atoms with Crippen LogP contribution in [-0.4, -0.2) is 28.7 Å². The van der Waals surface area contributed by atoms with E-state index in [9.17, 15) is 14.0 Å². The van der Waals surface area contributed by atoms with Gasteiger partial charge in [0.05, 0.1) is 24.7 Å². The van der Waals surface area contributed by atoms with Crippen LogP contribution < -0.4 is 5.32 Å². The van der Waals surface area contributed by atoms with Gasteiger partial charge < -0.3 is 14.6 Å². The summed E-state index contributed by atoms with van der Waals surface area (Å²) >= 11 is 0. The third kappa shape index (κ3) is 3.15. The molecule has 1 N–H and O–H groups in total. The summed E-state index contributed by atoms with van der Waals surface area (Å²) in [6, 6.07) is 5.46. The fourth-order valence-corrected chi connectivity index (χ4v) is 3.00. The van der Waals surface area contributed by atoms with Gasteiger partial charge in [-0.3, -0.25) is 9.59 Å². The molecule has 24 heavy (non-hydrogen) atoms. The quantitative estimate of drug-likeness (QED) is 0.929. The van der Waals surface area contributed by atoms with Gasteiger partial charge in [-0.1, -0.05) is 12.1 Å². The van der Waals surface area contributed by atoms with E-state index >= 15 is 0 Å². The maximum atomic E-state index is 13.1. The first-order valence-corrected chi connectivity index (χ1v) is 7.66. The van der Waals surface area contributed by atoms with Crippen LogP contribution in [-0.2, 0) is 16.1 Å². The smallest absolute Gasteiger partial charge is 0.226 e. The molecule has 1 aliphatic rings. The number of aromatic nitrogens is 1. The van der Waals surface area contributed by atoms with Crippen LogP contribution >= 0.6 is 0 Å². The van der Waals surface area contributed by atoms with Gasteiger partial charge in [-0.2, -0.15) is 0 Å². The number of oxazole rings is 1. The lowest BCUT2D eigenvalue weighted by molar-refractivity contribution is -0.128. The average Bonchev–Trinajstić information content (AvgIpc) is 3.10. The molecule has 2 unspecified atom stereocenters. The third-order valence-corrected chi connectivity index (χ3v) is 4.22. The number of likely N-dealkylation sites (tertiary alicyclic amines) is 1. The molecule has 1 fully saturated rings. The van der Waals surface area contributed by atoms with E-state index in [1.807, 2.05) is 0 Å². The number of hydrogen-bond acceptors (Lipinski definition) is 4. The highest BCUT2D eigenvalue weighted by atomic mass is 19.1. The molecule has 1 aromatic carbocycles. The Kier molecular flexibility index (Phi) is 4.33.